The fourth-order valence-electron chi connectivity index (χ4n) is 5.31. The van der Waals surface area contributed by atoms with Gasteiger partial charge < -0.3 is 25.3 Å². The van der Waals surface area contributed by atoms with Crippen LogP contribution in [0.3, 0.4) is 0 Å². The minimum Gasteiger partial charge on any atom is -0.369 e. The minimum atomic E-state index is -0.509. The van der Waals surface area contributed by atoms with Crippen molar-refractivity contribution in [2.24, 2.45) is 12.8 Å². The summed E-state index contributed by atoms with van der Waals surface area (Å²) in [6, 6.07) is 7.98. The van der Waals surface area contributed by atoms with E-state index in [4.69, 9.17) is 30.4 Å². The molecule has 5 heterocycles. The molecule has 1 unspecified atom stereocenters. The third-order valence-electron chi connectivity index (χ3n) is 7.32. The molecule has 3 aromatic heterocycles. The molecule has 2 fully saturated rings. The summed E-state index contributed by atoms with van der Waals surface area (Å²) >= 11 is 0. The molecule has 0 saturated carbocycles. The van der Waals surface area contributed by atoms with Crippen molar-refractivity contribution in [1.82, 2.24) is 44.2 Å². The number of nitrogens with zero attached hydrogens (tertiary/aromatic N) is 8. The number of nitrogens with two attached hydrogens (primary N) is 1. The van der Waals surface area contributed by atoms with Crippen LogP contribution in [0.4, 0.5) is 0 Å². The highest BCUT2D eigenvalue weighted by Gasteiger charge is 2.29. The van der Waals surface area contributed by atoms with Gasteiger partial charge in [0.1, 0.15) is 29.0 Å². The Balaban J connectivity index is 1.41. The number of primary amides is 1. The van der Waals surface area contributed by atoms with Crippen LogP contribution in [-0.4, -0.2) is 96.6 Å². The molecule has 2 aliphatic rings. The molecule has 13 heteroatoms. The van der Waals surface area contributed by atoms with Gasteiger partial charge in [0.2, 0.25) is 17.8 Å². The van der Waals surface area contributed by atoms with Crippen LogP contribution in [0.5, 0.6) is 0 Å². The number of nitrogens with one attached hydrogen (secondary N) is 1. The van der Waals surface area contributed by atoms with Gasteiger partial charge >= 0.3 is 0 Å². The van der Waals surface area contributed by atoms with Gasteiger partial charge in [-0.05, 0) is 12.1 Å². The van der Waals surface area contributed by atoms with Gasteiger partial charge in [0.05, 0.1) is 37.3 Å². The summed E-state index contributed by atoms with van der Waals surface area (Å²) in [5, 5.41) is 3.39. The number of benzene rings is 1. The lowest BCUT2D eigenvalue weighted by atomic mass is 10.2. The van der Waals surface area contributed by atoms with Crippen molar-refractivity contribution in [3.63, 3.8) is 0 Å². The standard InChI is InChI=1S/C26H32N10O3/c1-3-20-29-16-6-4-5-7-17(16)36(20)26-31-23(18-12-28-8-11-39-18)24-25(32-26)33(2)21(30-24)14-34-9-10-35(13-19(27)37)22(38)15-34/h4-7,18,28H,3,8-15H2,1-2H3,(H2,27,37). The molecule has 0 radical (unpaired) electrons. The fraction of sp³-hybridized carbons (Fsp3) is 0.462. The maximum Gasteiger partial charge on any atom is 0.238 e. The number of fused-ring (bicyclic) bond motifs is 2. The summed E-state index contributed by atoms with van der Waals surface area (Å²) in [4.78, 5) is 47.2. The number of carbonyl (C=O) groups is 2. The topological polar surface area (TPSA) is 149 Å². The first kappa shape index (κ1) is 25.3. The van der Waals surface area contributed by atoms with Crippen molar-refractivity contribution < 1.29 is 14.3 Å². The van der Waals surface area contributed by atoms with Crippen molar-refractivity contribution in [2.45, 2.75) is 26.0 Å². The van der Waals surface area contributed by atoms with Crippen LogP contribution in [0, 0.1) is 0 Å². The third-order valence-corrected chi connectivity index (χ3v) is 7.32. The van der Waals surface area contributed by atoms with E-state index in [1.54, 1.807) is 0 Å². The van der Waals surface area contributed by atoms with E-state index in [1.165, 1.54) is 4.90 Å². The second-order valence-corrected chi connectivity index (χ2v) is 9.93. The Kier molecular flexibility index (Phi) is 6.71. The lowest BCUT2D eigenvalue weighted by molar-refractivity contribution is -0.139. The summed E-state index contributed by atoms with van der Waals surface area (Å²) in [5.41, 5.74) is 9.22. The fourth-order valence-corrected chi connectivity index (χ4v) is 5.31. The Morgan fingerprint density at radius 2 is 2.00 bits per heavy atom. The molecule has 0 aliphatic carbocycles. The highest BCUT2D eigenvalue weighted by atomic mass is 16.5. The average Bonchev–Trinajstić information content (AvgIpc) is 3.47. The molecule has 6 rings (SSSR count). The van der Waals surface area contributed by atoms with E-state index in [1.807, 2.05) is 45.3 Å². The first-order valence-electron chi connectivity index (χ1n) is 13.2. The van der Waals surface area contributed by atoms with Crippen LogP contribution in [0.25, 0.3) is 28.1 Å². The van der Waals surface area contributed by atoms with Crippen molar-refractivity contribution in [3.05, 3.63) is 41.6 Å². The SMILES string of the molecule is CCc1nc2ccccc2n1-c1nc(C2CNCCO2)c2nc(CN3CCN(CC(N)=O)C(=O)C3)n(C)c2n1. The molecule has 0 bridgehead atoms. The molecule has 1 aromatic carbocycles. The normalized spacial score (nSPS) is 18.9. The predicted molar refractivity (Wildman–Crippen MR) is 143 cm³/mol. The number of para-hydroxylation sites is 2. The van der Waals surface area contributed by atoms with Crippen molar-refractivity contribution in [1.29, 1.82) is 0 Å². The number of morpholine rings is 1. The van der Waals surface area contributed by atoms with E-state index in [9.17, 15) is 9.59 Å². The molecule has 0 spiro atoms. The zero-order valence-corrected chi connectivity index (χ0v) is 22.1. The van der Waals surface area contributed by atoms with Gasteiger partial charge in [-0.2, -0.15) is 4.98 Å². The number of aromatic nitrogens is 6. The third kappa shape index (κ3) is 4.73. The number of carbonyl (C=O) groups excluding carboxylic acids is 2. The number of hydrogen-bond donors (Lipinski definition) is 2. The van der Waals surface area contributed by atoms with E-state index >= 15 is 0 Å². The predicted octanol–water partition coefficient (Wildman–Crippen LogP) is 0.0550. The second kappa shape index (κ2) is 10.3. The van der Waals surface area contributed by atoms with E-state index < -0.39 is 5.91 Å². The van der Waals surface area contributed by atoms with Gasteiger partial charge in [-0.25, -0.2) is 15.0 Å². The largest absolute Gasteiger partial charge is 0.369 e. The highest BCUT2D eigenvalue weighted by Crippen LogP contribution is 2.28. The molecular weight excluding hydrogens is 500 g/mol. The van der Waals surface area contributed by atoms with Crippen LogP contribution >= 0.6 is 0 Å². The Labute approximate surface area is 225 Å². The highest BCUT2D eigenvalue weighted by molar-refractivity contribution is 5.85. The average molecular weight is 533 g/mol. The summed E-state index contributed by atoms with van der Waals surface area (Å²) in [6.07, 6.45) is 0.448. The van der Waals surface area contributed by atoms with Crippen LogP contribution < -0.4 is 11.1 Å². The Hall–Kier alpha value is -3.94. The number of imidazole rings is 2. The Morgan fingerprint density at radius 3 is 2.74 bits per heavy atom. The van der Waals surface area contributed by atoms with E-state index in [-0.39, 0.29) is 25.1 Å². The second-order valence-electron chi connectivity index (χ2n) is 9.93. The van der Waals surface area contributed by atoms with Gasteiger partial charge in [-0.3, -0.25) is 19.1 Å². The van der Waals surface area contributed by atoms with E-state index in [0.29, 0.717) is 49.9 Å². The lowest BCUT2D eigenvalue weighted by Gasteiger charge is -2.33. The lowest BCUT2D eigenvalue weighted by Crippen LogP contribution is -2.52. The first-order chi connectivity index (χ1) is 18.9. The molecule has 39 heavy (non-hydrogen) atoms. The molecule has 204 valence electrons. The number of piperazine rings is 1. The van der Waals surface area contributed by atoms with Gasteiger partial charge in [0, 0.05) is 39.6 Å². The molecule has 13 nitrogen and oxygen atoms in total. The van der Waals surface area contributed by atoms with Crippen LogP contribution in [0.2, 0.25) is 0 Å². The van der Waals surface area contributed by atoms with Gasteiger partial charge in [-0.15, -0.1) is 0 Å². The monoisotopic (exact) mass is 532 g/mol. The smallest absolute Gasteiger partial charge is 0.238 e. The molecule has 2 saturated heterocycles. The summed E-state index contributed by atoms with van der Waals surface area (Å²) in [5.74, 6) is 1.54. The maximum absolute atomic E-state index is 12.6. The number of aryl methyl sites for hydroxylation is 2. The summed E-state index contributed by atoms with van der Waals surface area (Å²) in [7, 11) is 1.93. The Morgan fingerprint density at radius 1 is 1.15 bits per heavy atom. The van der Waals surface area contributed by atoms with Crippen molar-refractivity contribution >= 4 is 34.0 Å². The van der Waals surface area contributed by atoms with Crippen LogP contribution in [0.1, 0.15) is 30.4 Å². The zero-order valence-electron chi connectivity index (χ0n) is 22.1. The van der Waals surface area contributed by atoms with Crippen LogP contribution in [0.15, 0.2) is 24.3 Å². The first-order valence-corrected chi connectivity index (χ1v) is 13.2. The molecule has 2 amide bonds. The maximum atomic E-state index is 12.6. The zero-order chi connectivity index (χ0) is 27.1. The van der Waals surface area contributed by atoms with Gasteiger partial charge in [0.25, 0.3) is 0 Å². The quantitative estimate of drug-likeness (QED) is 0.337. The minimum absolute atomic E-state index is 0.0568. The molecule has 1 atom stereocenters. The summed E-state index contributed by atoms with van der Waals surface area (Å²) in [6.45, 7) is 5.70. The number of rotatable bonds is 7. The molecule has 4 aromatic rings. The van der Waals surface area contributed by atoms with Crippen molar-refractivity contribution in [2.75, 3.05) is 45.9 Å². The molecular formula is C26H32N10O3. The number of amides is 2. The molecule has 3 N–H and O–H groups in total. The summed E-state index contributed by atoms with van der Waals surface area (Å²) < 4.78 is 10.1. The van der Waals surface area contributed by atoms with Gasteiger partial charge in [-0.1, -0.05) is 19.1 Å². The Bertz CT molecular complexity index is 1550. The van der Waals surface area contributed by atoms with Crippen molar-refractivity contribution in [3.8, 4) is 5.95 Å². The molecule has 2 aliphatic heterocycles. The number of hydrogen-bond acceptors (Lipinski definition) is 9. The van der Waals surface area contributed by atoms with Crippen LogP contribution in [-0.2, 0) is 34.3 Å². The van der Waals surface area contributed by atoms with E-state index in [0.717, 1.165) is 41.3 Å². The number of ether oxygens (including phenoxy) is 1. The van der Waals surface area contributed by atoms with E-state index in [2.05, 4.69) is 12.2 Å². The van der Waals surface area contributed by atoms with Gasteiger partial charge in [0.15, 0.2) is 5.65 Å².